The van der Waals surface area contributed by atoms with E-state index in [2.05, 4.69) is 20.1 Å². The highest BCUT2D eigenvalue weighted by Crippen LogP contribution is 2.45. The van der Waals surface area contributed by atoms with E-state index in [0.29, 0.717) is 89.6 Å². The van der Waals surface area contributed by atoms with Crippen molar-refractivity contribution in [3.8, 4) is 33.6 Å². The molecule has 6 heterocycles. The maximum absolute atomic E-state index is 14.2. The summed E-state index contributed by atoms with van der Waals surface area (Å²) in [6.07, 6.45) is 2.37. The Kier molecular flexibility index (Phi) is 9.90. The lowest BCUT2D eigenvalue weighted by molar-refractivity contribution is 0.0391. The van der Waals surface area contributed by atoms with Gasteiger partial charge in [0.2, 0.25) is 15.8 Å². The Morgan fingerprint density at radius 2 is 1.39 bits per heavy atom. The number of nitrogens with zero attached hydrogens (tertiary/aromatic N) is 3. The molecule has 7 aromatic rings. The van der Waals surface area contributed by atoms with Crippen LogP contribution < -0.4 is 0 Å². The average Bonchev–Trinajstić information content (AvgIpc) is 3.93. The molecule has 12 nitrogen and oxygen atoms in total. The largest absolute Gasteiger partial charge is 0.387 e. The Bertz CT molecular complexity index is 2700. The molecule has 8 rings (SSSR count). The van der Waals surface area contributed by atoms with Gasteiger partial charge in [-0.3, -0.25) is 0 Å². The standard InChI is InChI=1S/C35H25Cl4N5O7S3/c1-54(48,49)44-4-2-15(3-5-44)22-13-52-31-25(16-6-18(36)10-19(37)7-16)29(41-27(22)31)34(46)50-35(47)30-26(17-8-20(38)11-21(39)9-17)32-28(42-30)23(14-53-32)33-40-24(12-45)51-43-33/h6-11,13-15,41-42,45H,2-5,12H2,1H3. The Hall–Kier alpha value is -3.77. The molecule has 0 bridgehead atoms. The van der Waals surface area contributed by atoms with Gasteiger partial charge >= 0.3 is 11.9 Å². The lowest BCUT2D eigenvalue weighted by atomic mass is 9.91. The summed E-state index contributed by atoms with van der Waals surface area (Å²) in [6, 6.07) is 9.72. The minimum Gasteiger partial charge on any atom is -0.387 e. The first-order chi connectivity index (χ1) is 25.8. The van der Waals surface area contributed by atoms with Crippen LogP contribution in [0.4, 0.5) is 0 Å². The third-order valence-electron chi connectivity index (χ3n) is 9.17. The SMILES string of the molecule is CS(=O)(=O)N1CCC(c2csc3c(-c4cc(Cl)cc(Cl)c4)c(C(=O)OC(=O)c4[nH]c5c(-c6noc(CO)n6)csc5c4-c4cc(Cl)cc(Cl)c4)[nH]c23)CC1. The maximum Gasteiger partial charge on any atom is 0.363 e. The highest BCUT2D eigenvalue weighted by molar-refractivity contribution is 7.88. The minimum atomic E-state index is -3.32. The van der Waals surface area contributed by atoms with E-state index in [1.54, 1.807) is 41.8 Å². The maximum atomic E-state index is 14.2. The second kappa shape index (κ2) is 14.4. The van der Waals surface area contributed by atoms with E-state index >= 15 is 0 Å². The van der Waals surface area contributed by atoms with E-state index < -0.39 is 28.6 Å². The number of aromatic nitrogens is 4. The molecular formula is C35H25Cl4N5O7S3. The molecule has 54 heavy (non-hydrogen) atoms. The van der Waals surface area contributed by atoms with Crippen molar-refractivity contribution >= 4 is 111 Å². The van der Waals surface area contributed by atoms with Crippen LogP contribution in [0.5, 0.6) is 0 Å². The van der Waals surface area contributed by atoms with Gasteiger partial charge in [0.15, 0.2) is 0 Å². The van der Waals surface area contributed by atoms with E-state index in [1.165, 1.54) is 33.2 Å². The number of piperidine rings is 1. The fourth-order valence-corrected chi connectivity index (χ4v) is 11.0. The molecule has 1 saturated heterocycles. The summed E-state index contributed by atoms with van der Waals surface area (Å²) in [7, 11) is -3.32. The number of rotatable bonds is 8. The number of carbonyl (C=O) groups excluding carboxylic acids is 2. The fourth-order valence-electron chi connectivity index (χ4n) is 6.78. The van der Waals surface area contributed by atoms with E-state index in [-0.39, 0.29) is 29.0 Å². The first kappa shape index (κ1) is 37.2. The van der Waals surface area contributed by atoms with E-state index in [1.807, 2.05) is 5.38 Å². The van der Waals surface area contributed by atoms with E-state index in [4.69, 9.17) is 55.7 Å². The zero-order valence-corrected chi connectivity index (χ0v) is 33.2. The second-order valence-electron chi connectivity index (χ2n) is 12.6. The van der Waals surface area contributed by atoms with Crippen molar-refractivity contribution in [1.82, 2.24) is 24.4 Å². The van der Waals surface area contributed by atoms with Gasteiger partial charge in [-0.05, 0) is 77.2 Å². The van der Waals surface area contributed by atoms with Crippen molar-refractivity contribution in [3.63, 3.8) is 0 Å². The van der Waals surface area contributed by atoms with Gasteiger partial charge in [0, 0.05) is 49.7 Å². The summed E-state index contributed by atoms with van der Waals surface area (Å²) in [5.74, 6) is -1.77. The fraction of sp³-hybridized carbons (Fsp3) is 0.200. The number of carbonyl (C=O) groups is 2. The molecular weight excluding hydrogens is 840 g/mol. The summed E-state index contributed by atoms with van der Waals surface area (Å²) in [5, 5.41) is 18.5. The molecule has 0 saturated carbocycles. The Morgan fingerprint density at radius 3 is 1.91 bits per heavy atom. The van der Waals surface area contributed by atoms with Gasteiger partial charge in [-0.15, -0.1) is 22.7 Å². The van der Waals surface area contributed by atoms with Gasteiger partial charge in [0.05, 0.1) is 32.3 Å². The van der Waals surface area contributed by atoms with Crippen LogP contribution in [-0.4, -0.2) is 69.2 Å². The monoisotopic (exact) mass is 863 g/mol. The molecule has 3 N–H and O–H groups in total. The number of sulfonamides is 1. The third-order valence-corrected chi connectivity index (χ3v) is 13.4. The number of hydrogen-bond donors (Lipinski definition) is 3. The zero-order valence-electron chi connectivity index (χ0n) is 27.7. The number of thiophene rings is 2. The Labute approximate surface area is 334 Å². The summed E-state index contributed by atoms with van der Waals surface area (Å²) in [4.78, 5) is 38.9. The average molecular weight is 866 g/mol. The molecule has 0 aliphatic carbocycles. The molecule has 1 fully saturated rings. The number of nitrogens with one attached hydrogen (secondary N) is 2. The van der Waals surface area contributed by atoms with Crippen LogP contribution in [0.3, 0.4) is 0 Å². The van der Waals surface area contributed by atoms with Crippen molar-refractivity contribution in [3.05, 3.63) is 90.1 Å². The van der Waals surface area contributed by atoms with Gasteiger partial charge in [-0.2, -0.15) is 4.98 Å². The van der Waals surface area contributed by atoms with Crippen LogP contribution in [0.2, 0.25) is 20.1 Å². The summed E-state index contributed by atoms with van der Waals surface area (Å²) in [6.45, 7) is 0.278. The second-order valence-corrected chi connectivity index (χ2v) is 18.1. The van der Waals surface area contributed by atoms with Gasteiger partial charge < -0.3 is 24.3 Å². The lowest BCUT2D eigenvalue weighted by Crippen LogP contribution is -2.37. The molecule has 1 aliphatic rings. The molecule has 0 atom stereocenters. The van der Waals surface area contributed by atoms with E-state index in [9.17, 15) is 23.1 Å². The van der Waals surface area contributed by atoms with Gasteiger partial charge in [-0.25, -0.2) is 22.3 Å². The summed E-state index contributed by atoms with van der Waals surface area (Å²) in [5.41, 5.74) is 4.32. The zero-order chi connectivity index (χ0) is 38.1. The van der Waals surface area contributed by atoms with Crippen LogP contribution in [0.1, 0.15) is 51.2 Å². The van der Waals surface area contributed by atoms with Crippen molar-refractivity contribution in [2.75, 3.05) is 19.3 Å². The van der Waals surface area contributed by atoms with Crippen molar-refractivity contribution in [2.24, 2.45) is 0 Å². The molecule has 1 aliphatic heterocycles. The molecule has 0 radical (unpaired) electrons. The molecule has 2 aromatic carbocycles. The molecule has 0 amide bonds. The highest BCUT2D eigenvalue weighted by atomic mass is 35.5. The Morgan fingerprint density at radius 1 is 0.870 bits per heavy atom. The first-order valence-electron chi connectivity index (χ1n) is 16.1. The number of esters is 2. The van der Waals surface area contributed by atoms with Crippen LogP contribution >= 0.6 is 69.1 Å². The quantitative estimate of drug-likeness (QED) is 0.0995. The van der Waals surface area contributed by atoms with Crippen molar-refractivity contribution in [2.45, 2.75) is 25.4 Å². The number of benzene rings is 2. The normalized spacial score (nSPS) is 14.4. The Balaban J connectivity index is 1.21. The number of H-pyrrole nitrogens is 2. The summed E-state index contributed by atoms with van der Waals surface area (Å²) < 4.78 is 37.9. The van der Waals surface area contributed by atoms with Gasteiger partial charge in [0.1, 0.15) is 18.0 Å². The number of aliphatic hydroxyl groups is 1. The lowest BCUT2D eigenvalue weighted by Gasteiger charge is -2.29. The number of halogens is 4. The molecule has 0 spiro atoms. The third kappa shape index (κ3) is 6.86. The smallest absolute Gasteiger partial charge is 0.363 e. The molecule has 0 unspecified atom stereocenters. The van der Waals surface area contributed by atoms with Gasteiger partial charge in [0.25, 0.3) is 5.89 Å². The predicted molar refractivity (Wildman–Crippen MR) is 211 cm³/mol. The first-order valence-corrected chi connectivity index (χ1v) is 21.3. The van der Waals surface area contributed by atoms with Crippen LogP contribution in [-0.2, 0) is 21.4 Å². The van der Waals surface area contributed by atoms with Crippen molar-refractivity contribution in [1.29, 1.82) is 0 Å². The van der Waals surface area contributed by atoms with E-state index in [0.717, 1.165) is 10.3 Å². The molecule has 278 valence electrons. The highest BCUT2D eigenvalue weighted by Gasteiger charge is 2.33. The van der Waals surface area contributed by atoms with Crippen molar-refractivity contribution < 1.29 is 32.4 Å². The number of hydrogen-bond acceptors (Lipinski definition) is 11. The van der Waals surface area contributed by atoms with Crippen LogP contribution in [0.25, 0.3) is 54.1 Å². The van der Waals surface area contributed by atoms with Gasteiger partial charge in [-0.1, -0.05) is 51.6 Å². The number of aliphatic hydroxyl groups excluding tert-OH is 1. The predicted octanol–water partition coefficient (Wildman–Crippen LogP) is 9.40. The van der Waals surface area contributed by atoms with Crippen LogP contribution in [0.15, 0.2) is 51.7 Å². The topological polar surface area (TPSA) is 171 Å². The minimum absolute atomic E-state index is 0.00286. The molecule has 19 heteroatoms. The number of fused-ring (bicyclic) bond motifs is 2. The number of aromatic amines is 2. The summed E-state index contributed by atoms with van der Waals surface area (Å²) >= 11 is 28.3. The molecule has 5 aromatic heterocycles. The number of ether oxygens (including phenoxy) is 1. The van der Waals surface area contributed by atoms with Crippen LogP contribution in [0, 0.1) is 0 Å².